The molecule has 1 aromatic heterocycles. The first-order valence-corrected chi connectivity index (χ1v) is 6.37. The summed E-state index contributed by atoms with van der Waals surface area (Å²) >= 11 is 0. The Labute approximate surface area is 107 Å². The van der Waals surface area contributed by atoms with E-state index < -0.39 is 5.97 Å². The van der Waals surface area contributed by atoms with Crippen molar-refractivity contribution in [3.05, 3.63) is 35.7 Å². The molecule has 0 bridgehead atoms. The molecular formula is C14H18N2O2. The molecule has 0 fully saturated rings. The average Bonchev–Trinajstić information content (AvgIpc) is 2.40. The van der Waals surface area contributed by atoms with Crippen LogP contribution in [-0.2, 0) is 0 Å². The van der Waals surface area contributed by atoms with Crippen LogP contribution in [0.5, 0.6) is 0 Å². The molecule has 0 amide bonds. The Morgan fingerprint density at radius 1 is 1.44 bits per heavy atom. The van der Waals surface area contributed by atoms with Gasteiger partial charge in [0, 0.05) is 18.4 Å². The minimum absolute atomic E-state index is 0.0804. The summed E-state index contributed by atoms with van der Waals surface area (Å²) < 4.78 is 0. The summed E-state index contributed by atoms with van der Waals surface area (Å²) in [5.74, 6) is -0.992. The lowest BCUT2D eigenvalue weighted by atomic mass is 9.97. The highest BCUT2D eigenvalue weighted by Gasteiger charge is 2.06. The van der Waals surface area contributed by atoms with Gasteiger partial charge in [0.05, 0.1) is 0 Å². The van der Waals surface area contributed by atoms with Crippen LogP contribution in [0.15, 0.2) is 30.0 Å². The summed E-state index contributed by atoms with van der Waals surface area (Å²) in [7, 11) is 0. The van der Waals surface area contributed by atoms with E-state index in [1.54, 1.807) is 12.1 Å². The van der Waals surface area contributed by atoms with Gasteiger partial charge < -0.3 is 10.4 Å². The van der Waals surface area contributed by atoms with E-state index in [2.05, 4.69) is 16.4 Å². The van der Waals surface area contributed by atoms with E-state index in [0.717, 1.165) is 18.7 Å². The van der Waals surface area contributed by atoms with Gasteiger partial charge >= 0.3 is 5.97 Å². The lowest BCUT2D eigenvalue weighted by Crippen LogP contribution is -2.06. The maximum Gasteiger partial charge on any atom is 0.354 e. The van der Waals surface area contributed by atoms with Crippen LogP contribution in [0.3, 0.4) is 0 Å². The maximum absolute atomic E-state index is 10.8. The Morgan fingerprint density at radius 3 is 3.06 bits per heavy atom. The van der Waals surface area contributed by atoms with E-state index in [1.807, 2.05) is 0 Å². The van der Waals surface area contributed by atoms with Gasteiger partial charge in [-0.15, -0.1) is 0 Å². The predicted molar refractivity (Wildman–Crippen MR) is 70.9 cm³/mol. The third kappa shape index (κ3) is 3.58. The normalized spacial score (nSPS) is 15.0. The molecule has 1 heterocycles. The Kier molecular flexibility index (Phi) is 4.34. The largest absolute Gasteiger partial charge is 0.477 e. The van der Waals surface area contributed by atoms with Gasteiger partial charge in [-0.1, -0.05) is 11.6 Å². The SMILES string of the molecule is O=C(O)c1cc(NCCC2=CCCCC2)ccn1. The number of anilines is 1. The second-order valence-electron chi connectivity index (χ2n) is 4.52. The van der Waals surface area contributed by atoms with Gasteiger partial charge in [0.15, 0.2) is 0 Å². The van der Waals surface area contributed by atoms with Crippen molar-refractivity contribution in [2.75, 3.05) is 11.9 Å². The van der Waals surface area contributed by atoms with Crippen molar-refractivity contribution in [3.63, 3.8) is 0 Å². The molecule has 1 aromatic rings. The lowest BCUT2D eigenvalue weighted by Gasteiger charge is -2.13. The first kappa shape index (κ1) is 12.6. The number of allylic oxidation sites excluding steroid dienone is 1. The van der Waals surface area contributed by atoms with E-state index in [-0.39, 0.29) is 5.69 Å². The van der Waals surface area contributed by atoms with Crippen molar-refractivity contribution in [2.24, 2.45) is 0 Å². The zero-order valence-electron chi connectivity index (χ0n) is 10.4. The maximum atomic E-state index is 10.8. The zero-order chi connectivity index (χ0) is 12.8. The van der Waals surface area contributed by atoms with E-state index in [1.165, 1.54) is 37.5 Å². The van der Waals surface area contributed by atoms with E-state index in [4.69, 9.17) is 5.11 Å². The number of carboxylic acid groups (broad SMARTS) is 1. The van der Waals surface area contributed by atoms with Gasteiger partial charge in [-0.05, 0) is 44.2 Å². The van der Waals surface area contributed by atoms with Crippen molar-refractivity contribution in [1.82, 2.24) is 4.98 Å². The molecule has 0 saturated carbocycles. The van der Waals surface area contributed by atoms with Crippen molar-refractivity contribution in [2.45, 2.75) is 32.1 Å². The fourth-order valence-electron chi connectivity index (χ4n) is 2.16. The predicted octanol–water partition coefficient (Wildman–Crippen LogP) is 3.08. The minimum Gasteiger partial charge on any atom is -0.477 e. The molecule has 2 rings (SSSR count). The molecule has 1 aliphatic carbocycles. The van der Waals surface area contributed by atoms with E-state index in [9.17, 15) is 4.79 Å². The minimum atomic E-state index is -0.992. The van der Waals surface area contributed by atoms with Gasteiger partial charge in [0.2, 0.25) is 0 Å². The quantitative estimate of drug-likeness (QED) is 0.784. The van der Waals surface area contributed by atoms with Crippen LogP contribution in [0.1, 0.15) is 42.6 Å². The number of aromatic nitrogens is 1. The molecule has 4 nitrogen and oxygen atoms in total. The summed E-state index contributed by atoms with van der Waals surface area (Å²) in [6.45, 7) is 0.842. The number of hydrogen-bond acceptors (Lipinski definition) is 3. The van der Waals surface area contributed by atoms with Gasteiger partial charge in [-0.25, -0.2) is 9.78 Å². The lowest BCUT2D eigenvalue weighted by molar-refractivity contribution is 0.0690. The molecule has 0 radical (unpaired) electrons. The highest BCUT2D eigenvalue weighted by molar-refractivity contribution is 5.86. The number of hydrogen-bond donors (Lipinski definition) is 2. The second kappa shape index (κ2) is 6.19. The number of pyridine rings is 1. The Hall–Kier alpha value is -1.84. The van der Waals surface area contributed by atoms with Crippen LogP contribution in [0.25, 0.3) is 0 Å². The van der Waals surface area contributed by atoms with Crippen LogP contribution in [0, 0.1) is 0 Å². The third-order valence-corrected chi connectivity index (χ3v) is 3.14. The van der Waals surface area contributed by atoms with Crippen molar-refractivity contribution in [3.8, 4) is 0 Å². The number of rotatable bonds is 5. The second-order valence-corrected chi connectivity index (χ2v) is 4.52. The standard InChI is InChI=1S/C14H18N2O2/c17-14(18)13-10-12(7-9-16-13)15-8-6-11-4-2-1-3-5-11/h4,7,9-10H,1-3,5-6,8H2,(H,15,16)(H,17,18). The third-order valence-electron chi connectivity index (χ3n) is 3.14. The Bertz CT molecular complexity index is 455. The molecule has 18 heavy (non-hydrogen) atoms. The number of carboxylic acids is 1. The molecule has 96 valence electrons. The van der Waals surface area contributed by atoms with Crippen LogP contribution < -0.4 is 5.32 Å². The summed E-state index contributed by atoms with van der Waals surface area (Å²) in [6, 6.07) is 3.36. The van der Waals surface area contributed by atoms with E-state index >= 15 is 0 Å². The van der Waals surface area contributed by atoms with Gasteiger partial charge in [0.1, 0.15) is 5.69 Å². The number of carbonyl (C=O) groups is 1. The van der Waals surface area contributed by atoms with Crippen LogP contribution in [0.4, 0.5) is 5.69 Å². The Morgan fingerprint density at radius 2 is 2.33 bits per heavy atom. The summed E-state index contributed by atoms with van der Waals surface area (Å²) in [5, 5.41) is 12.1. The zero-order valence-corrected chi connectivity index (χ0v) is 10.4. The number of nitrogens with zero attached hydrogens (tertiary/aromatic N) is 1. The molecule has 1 aliphatic rings. The number of aromatic carboxylic acids is 1. The molecule has 0 aromatic carbocycles. The fraction of sp³-hybridized carbons (Fsp3) is 0.429. The fourth-order valence-corrected chi connectivity index (χ4v) is 2.16. The number of nitrogens with one attached hydrogen (secondary N) is 1. The Balaban J connectivity index is 1.84. The van der Waals surface area contributed by atoms with Crippen LogP contribution in [0.2, 0.25) is 0 Å². The van der Waals surface area contributed by atoms with Crippen molar-refractivity contribution in [1.29, 1.82) is 0 Å². The highest BCUT2D eigenvalue weighted by atomic mass is 16.4. The summed E-state index contributed by atoms with van der Waals surface area (Å²) in [6.07, 6.45) is 9.90. The smallest absolute Gasteiger partial charge is 0.354 e. The molecule has 2 N–H and O–H groups in total. The van der Waals surface area contributed by atoms with E-state index in [0.29, 0.717) is 0 Å². The highest BCUT2D eigenvalue weighted by Crippen LogP contribution is 2.20. The van der Waals surface area contributed by atoms with Crippen molar-refractivity contribution >= 4 is 11.7 Å². The van der Waals surface area contributed by atoms with Gasteiger partial charge in [-0.3, -0.25) is 0 Å². The van der Waals surface area contributed by atoms with Crippen molar-refractivity contribution < 1.29 is 9.90 Å². The van der Waals surface area contributed by atoms with Gasteiger partial charge in [-0.2, -0.15) is 0 Å². The first-order chi connectivity index (χ1) is 8.75. The molecule has 0 aliphatic heterocycles. The summed E-state index contributed by atoms with van der Waals surface area (Å²) in [4.78, 5) is 14.6. The first-order valence-electron chi connectivity index (χ1n) is 6.37. The van der Waals surface area contributed by atoms with Crippen LogP contribution >= 0.6 is 0 Å². The molecule has 0 atom stereocenters. The topological polar surface area (TPSA) is 62.2 Å². The molecule has 0 unspecified atom stereocenters. The molecular weight excluding hydrogens is 228 g/mol. The van der Waals surface area contributed by atoms with Gasteiger partial charge in [0.25, 0.3) is 0 Å². The summed E-state index contributed by atoms with van der Waals surface area (Å²) in [5.41, 5.74) is 2.41. The monoisotopic (exact) mass is 246 g/mol. The van der Waals surface area contributed by atoms with Crippen LogP contribution in [-0.4, -0.2) is 22.6 Å². The molecule has 0 saturated heterocycles. The average molecular weight is 246 g/mol. The molecule has 4 heteroatoms. The molecule has 0 spiro atoms.